The van der Waals surface area contributed by atoms with Crippen molar-refractivity contribution in [3.8, 4) is 5.75 Å². The van der Waals surface area contributed by atoms with E-state index >= 15 is 0 Å². The van der Waals surface area contributed by atoms with Gasteiger partial charge >= 0.3 is 11.7 Å². The Morgan fingerprint density at radius 2 is 2.03 bits per heavy atom. The number of ether oxygens (including phenoxy) is 2. The summed E-state index contributed by atoms with van der Waals surface area (Å²) in [5.41, 5.74) is 1.47. The molecule has 3 aromatic rings. The number of hydrogen-bond acceptors (Lipinski definition) is 6. The van der Waals surface area contributed by atoms with E-state index in [-0.39, 0.29) is 18.4 Å². The van der Waals surface area contributed by atoms with Gasteiger partial charge in [0.25, 0.3) is 0 Å². The molecular weight excluding hydrogens is 396 g/mol. The Bertz CT molecular complexity index is 1130. The Kier molecular flexibility index (Phi) is 6.23. The highest BCUT2D eigenvalue weighted by atomic mass is 16.5. The number of nitrogens with one attached hydrogen (secondary N) is 1. The highest BCUT2D eigenvalue weighted by Gasteiger charge is 2.20. The zero-order valence-electron chi connectivity index (χ0n) is 17.7. The summed E-state index contributed by atoms with van der Waals surface area (Å²) in [6.45, 7) is 3.93. The van der Waals surface area contributed by atoms with E-state index in [4.69, 9.17) is 13.9 Å². The molecule has 1 atom stereocenters. The van der Waals surface area contributed by atoms with E-state index < -0.39 is 11.7 Å². The molecule has 1 aliphatic heterocycles. The topological polar surface area (TPSA) is 81.0 Å². The molecule has 0 spiro atoms. The van der Waals surface area contributed by atoms with Crippen LogP contribution in [0.1, 0.15) is 24.0 Å². The summed E-state index contributed by atoms with van der Waals surface area (Å²) in [7, 11) is 2.08. The van der Waals surface area contributed by atoms with E-state index in [9.17, 15) is 9.59 Å². The van der Waals surface area contributed by atoms with Gasteiger partial charge in [-0.25, -0.2) is 9.59 Å². The number of anilines is 1. The summed E-state index contributed by atoms with van der Waals surface area (Å²) in [5, 5.41) is 3.17. The monoisotopic (exact) mass is 422 g/mol. The van der Waals surface area contributed by atoms with Gasteiger partial charge in [0.2, 0.25) is 0 Å². The van der Waals surface area contributed by atoms with E-state index in [0.29, 0.717) is 16.7 Å². The van der Waals surface area contributed by atoms with Crippen molar-refractivity contribution in [2.45, 2.75) is 32.5 Å². The quantitative estimate of drug-likeness (QED) is 0.617. The molecule has 1 aliphatic rings. The predicted molar refractivity (Wildman–Crippen MR) is 119 cm³/mol. The fraction of sp³-hybridized carbons (Fsp3) is 0.333. The van der Waals surface area contributed by atoms with E-state index in [1.165, 1.54) is 0 Å². The summed E-state index contributed by atoms with van der Waals surface area (Å²) in [6, 6.07) is 14.6. The number of hydrogen-bond donors (Lipinski definition) is 1. The number of benzene rings is 2. The first kappa shape index (κ1) is 20.9. The molecule has 7 nitrogen and oxygen atoms in total. The lowest BCUT2D eigenvalue weighted by atomic mass is 10.1. The highest BCUT2D eigenvalue weighted by Crippen LogP contribution is 2.29. The van der Waals surface area contributed by atoms with Crippen LogP contribution in [0.2, 0.25) is 0 Å². The largest absolute Gasteiger partial charge is 0.489 e. The molecule has 1 fully saturated rings. The van der Waals surface area contributed by atoms with Crippen LogP contribution in [0.15, 0.2) is 57.7 Å². The van der Waals surface area contributed by atoms with Crippen molar-refractivity contribution in [3.05, 3.63) is 70.1 Å². The highest BCUT2D eigenvalue weighted by molar-refractivity contribution is 5.89. The first-order valence-corrected chi connectivity index (χ1v) is 10.4. The third-order valence-corrected chi connectivity index (χ3v) is 5.43. The number of likely N-dealkylation sites (tertiary alicyclic amines) is 1. The lowest BCUT2D eigenvalue weighted by Gasteiger charge is -2.30. The molecule has 0 bridgehead atoms. The van der Waals surface area contributed by atoms with Crippen LogP contribution in [0, 0.1) is 6.92 Å². The Morgan fingerprint density at radius 3 is 2.81 bits per heavy atom. The average Bonchev–Trinajstić information content (AvgIpc) is 2.76. The smallest absolute Gasteiger partial charge is 0.412 e. The van der Waals surface area contributed by atoms with Crippen molar-refractivity contribution >= 4 is 22.7 Å². The first-order valence-electron chi connectivity index (χ1n) is 10.4. The number of carbonyl (C=O) groups is 1. The van der Waals surface area contributed by atoms with Gasteiger partial charge in [-0.15, -0.1) is 0 Å². The molecule has 162 valence electrons. The maximum atomic E-state index is 12.5. The molecule has 0 aliphatic carbocycles. The van der Waals surface area contributed by atoms with Crippen molar-refractivity contribution in [3.63, 3.8) is 0 Å². The van der Waals surface area contributed by atoms with Gasteiger partial charge in [-0.1, -0.05) is 30.3 Å². The minimum Gasteiger partial charge on any atom is -0.489 e. The zero-order valence-corrected chi connectivity index (χ0v) is 17.7. The maximum Gasteiger partial charge on any atom is 0.412 e. The van der Waals surface area contributed by atoms with Crippen LogP contribution >= 0.6 is 0 Å². The number of piperidine rings is 1. The third kappa shape index (κ3) is 5.06. The molecule has 4 rings (SSSR count). The number of amides is 1. The second kappa shape index (κ2) is 9.22. The van der Waals surface area contributed by atoms with Gasteiger partial charge in [-0.05, 0) is 57.1 Å². The number of likely N-dealkylation sites (N-methyl/N-ethyl adjacent to an activating group) is 1. The second-order valence-electron chi connectivity index (χ2n) is 7.89. The number of nitrogens with zero attached hydrogens (tertiary/aromatic N) is 1. The van der Waals surface area contributed by atoms with E-state index in [1.807, 2.05) is 49.4 Å². The Morgan fingerprint density at radius 1 is 1.23 bits per heavy atom. The van der Waals surface area contributed by atoms with E-state index in [0.717, 1.165) is 37.1 Å². The minimum absolute atomic E-state index is 0.0348. The van der Waals surface area contributed by atoms with Crippen molar-refractivity contribution in [2.75, 3.05) is 25.5 Å². The lowest BCUT2D eigenvalue weighted by molar-refractivity contribution is 0.104. The van der Waals surface area contributed by atoms with Crippen LogP contribution in [0.3, 0.4) is 0 Å². The number of rotatable bonds is 5. The van der Waals surface area contributed by atoms with E-state index in [1.54, 1.807) is 6.07 Å². The molecule has 1 N–H and O–H groups in total. The predicted octanol–water partition coefficient (Wildman–Crippen LogP) is 4.32. The van der Waals surface area contributed by atoms with Gasteiger partial charge in [0.05, 0.1) is 0 Å². The average molecular weight is 422 g/mol. The molecule has 1 amide bonds. The van der Waals surface area contributed by atoms with Crippen LogP contribution < -0.4 is 15.7 Å². The van der Waals surface area contributed by atoms with Crippen LogP contribution in [-0.2, 0) is 11.3 Å². The van der Waals surface area contributed by atoms with Crippen molar-refractivity contribution in [1.29, 1.82) is 0 Å². The lowest BCUT2D eigenvalue weighted by Crippen LogP contribution is -2.38. The Balaban J connectivity index is 1.48. The zero-order chi connectivity index (χ0) is 21.8. The molecule has 2 aromatic carbocycles. The molecule has 31 heavy (non-hydrogen) atoms. The number of fused-ring (bicyclic) bond motifs is 1. The second-order valence-corrected chi connectivity index (χ2v) is 7.89. The maximum absolute atomic E-state index is 12.5. The molecule has 2 heterocycles. The van der Waals surface area contributed by atoms with E-state index in [2.05, 4.69) is 17.3 Å². The van der Waals surface area contributed by atoms with Gasteiger partial charge in [0.1, 0.15) is 29.7 Å². The molecule has 0 radical (unpaired) electrons. The summed E-state index contributed by atoms with van der Waals surface area (Å²) >= 11 is 0. The van der Waals surface area contributed by atoms with Crippen LogP contribution in [0.5, 0.6) is 5.75 Å². The standard InChI is InChI=1S/C24H26N2O5/c1-16-21(30-19-9-6-12-26(2)14-19)11-10-18-13-20(23(27)31-22(16)18)25-24(28)29-15-17-7-4-3-5-8-17/h3-5,7-8,10-11,13,19H,6,9,12,14-15H2,1-2H3,(H,25,28). The molecule has 7 heteroatoms. The summed E-state index contributed by atoms with van der Waals surface area (Å²) < 4.78 is 16.9. The van der Waals surface area contributed by atoms with Gasteiger partial charge < -0.3 is 18.8 Å². The minimum atomic E-state index is -0.714. The summed E-state index contributed by atoms with van der Waals surface area (Å²) in [5.74, 6) is 0.707. The van der Waals surface area contributed by atoms with Crippen LogP contribution in [-0.4, -0.2) is 37.2 Å². The SMILES string of the molecule is Cc1c(OC2CCCN(C)C2)ccc2cc(NC(=O)OCc3ccccc3)c(=O)oc12. The fourth-order valence-corrected chi connectivity index (χ4v) is 3.78. The van der Waals surface area contributed by atoms with Crippen molar-refractivity contribution in [2.24, 2.45) is 0 Å². The molecule has 1 unspecified atom stereocenters. The molecule has 0 saturated carbocycles. The molecule has 1 saturated heterocycles. The number of carbonyl (C=O) groups excluding carboxylic acids is 1. The number of aryl methyl sites for hydroxylation is 1. The third-order valence-electron chi connectivity index (χ3n) is 5.43. The molecule has 1 aromatic heterocycles. The first-order chi connectivity index (χ1) is 15.0. The van der Waals surface area contributed by atoms with Gasteiger partial charge in [-0.3, -0.25) is 5.32 Å². The van der Waals surface area contributed by atoms with Gasteiger partial charge in [-0.2, -0.15) is 0 Å². The Hall–Kier alpha value is -3.32. The fourth-order valence-electron chi connectivity index (χ4n) is 3.78. The van der Waals surface area contributed by atoms with Gasteiger partial charge in [0.15, 0.2) is 0 Å². The van der Waals surface area contributed by atoms with Crippen molar-refractivity contribution < 1.29 is 18.7 Å². The van der Waals surface area contributed by atoms with Crippen LogP contribution in [0.25, 0.3) is 11.0 Å². The summed E-state index contributed by atoms with van der Waals surface area (Å²) in [6.07, 6.45) is 1.49. The van der Waals surface area contributed by atoms with Crippen LogP contribution in [0.4, 0.5) is 10.5 Å². The summed E-state index contributed by atoms with van der Waals surface area (Å²) in [4.78, 5) is 26.8. The Labute approximate surface area is 180 Å². The van der Waals surface area contributed by atoms with Gasteiger partial charge in [0, 0.05) is 17.5 Å². The normalized spacial score (nSPS) is 16.8. The van der Waals surface area contributed by atoms with Crippen molar-refractivity contribution in [1.82, 2.24) is 4.90 Å². The molecular formula is C24H26N2O5.